The Labute approximate surface area is 204 Å². The molecule has 1 aliphatic rings. The van der Waals surface area contributed by atoms with Crippen molar-refractivity contribution in [2.45, 2.75) is 31.8 Å². The van der Waals surface area contributed by atoms with Crippen LogP contribution in [0.4, 0.5) is 0 Å². The molecule has 0 bridgehead atoms. The van der Waals surface area contributed by atoms with Crippen molar-refractivity contribution in [1.82, 2.24) is 19.8 Å². The fraction of sp³-hybridized carbons (Fsp3) is 0.440. The maximum absolute atomic E-state index is 12.5. The lowest BCUT2D eigenvalue weighted by Crippen LogP contribution is -2.51. The van der Waals surface area contributed by atoms with E-state index in [9.17, 15) is 18.0 Å². The highest BCUT2D eigenvalue weighted by Crippen LogP contribution is 2.31. The lowest BCUT2D eigenvalue weighted by Gasteiger charge is -2.39. The zero-order chi connectivity index (χ0) is 26.5. The SMILES string of the molecule is [2H]C([2H])(C#C)NC(=O)CNC(=O)CN(C1CCN([C@@H](C)c2cccc3ccccc23)CC1)S(C)(=O)=O. The maximum atomic E-state index is 12.5. The van der Waals surface area contributed by atoms with Gasteiger partial charge in [0.1, 0.15) is 0 Å². The molecule has 2 amide bonds. The molecule has 1 heterocycles. The van der Waals surface area contributed by atoms with Gasteiger partial charge in [-0.25, -0.2) is 8.42 Å². The van der Waals surface area contributed by atoms with Crippen LogP contribution < -0.4 is 10.6 Å². The van der Waals surface area contributed by atoms with Gasteiger partial charge < -0.3 is 10.6 Å². The van der Waals surface area contributed by atoms with Crippen LogP contribution in [0.15, 0.2) is 42.5 Å². The minimum absolute atomic E-state index is 0.148. The molecule has 2 aromatic carbocycles. The Bertz CT molecular complexity index is 1250. The number of rotatable bonds is 9. The van der Waals surface area contributed by atoms with E-state index in [1.807, 2.05) is 23.5 Å². The topological polar surface area (TPSA) is 98.8 Å². The van der Waals surface area contributed by atoms with Gasteiger partial charge in [-0.15, -0.1) is 6.42 Å². The van der Waals surface area contributed by atoms with E-state index >= 15 is 0 Å². The first kappa shape index (κ1) is 22.8. The molecular formula is C25H32N4O4S. The normalized spacial score (nSPS) is 17.5. The molecule has 2 N–H and O–H groups in total. The lowest BCUT2D eigenvalue weighted by molar-refractivity contribution is -0.126. The molecule has 0 radical (unpaired) electrons. The summed E-state index contributed by atoms with van der Waals surface area (Å²) < 4.78 is 40.9. The van der Waals surface area contributed by atoms with Crippen molar-refractivity contribution in [2.75, 3.05) is 38.9 Å². The number of nitrogens with zero attached hydrogens (tertiary/aromatic N) is 2. The Morgan fingerprint density at radius 3 is 2.53 bits per heavy atom. The second-order valence-electron chi connectivity index (χ2n) is 8.41. The first-order valence-corrected chi connectivity index (χ1v) is 13.0. The zero-order valence-electron chi connectivity index (χ0n) is 21.5. The quantitative estimate of drug-likeness (QED) is 0.524. The van der Waals surface area contributed by atoms with Crippen LogP contribution in [0.3, 0.4) is 0 Å². The smallest absolute Gasteiger partial charge is 0.240 e. The van der Waals surface area contributed by atoms with E-state index in [1.165, 1.54) is 20.6 Å². The number of hydrogen-bond acceptors (Lipinski definition) is 5. The predicted octanol–water partition coefficient (Wildman–Crippen LogP) is 1.49. The highest BCUT2D eigenvalue weighted by Gasteiger charge is 2.33. The lowest BCUT2D eigenvalue weighted by atomic mass is 9.96. The van der Waals surface area contributed by atoms with Gasteiger partial charge in [-0.1, -0.05) is 48.4 Å². The van der Waals surface area contributed by atoms with E-state index < -0.39 is 41.4 Å². The molecule has 8 nitrogen and oxygen atoms in total. The molecule has 182 valence electrons. The second-order valence-corrected chi connectivity index (χ2v) is 10.3. The fourth-order valence-electron chi connectivity index (χ4n) is 4.42. The van der Waals surface area contributed by atoms with Crippen molar-refractivity contribution in [2.24, 2.45) is 0 Å². The molecule has 34 heavy (non-hydrogen) atoms. The van der Waals surface area contributed by atoms with E-state index in [0.29, 0.717) is 25.9 Å². The van der Waals surface area contributed by atoms with Crippen LogP contribution in [0.25, 0.3) is 10.8 Å². The van der Waals surface area contributed by atoms with Gasteiger partial charge in [0, 0.05) is 25.2 Å². The minimum Gasteiger partial charge on any atom is -0.346 e. The van der Waals surface area contributed by atoms with E-state index in [-0.39, 0.29) is 12.1 Å². The van der Waals surface area contributed by atoms with Crippen LogP contribution in [0.1, 0.15) is 34.1 Å². The summed E-state index contributed by atoms with van der Waals surface area (Å²) in [6.07, 6.45) is 7.19. The summed E-state index contributed by atoms with van der Waals surface area (Å²) in [5.74, 6) is 0.321. The summed E-state index contributed by atoms with van der Waals surface area (Å²) in [7, 11) is -3.68. The van der Waals surface area contributed by atoms with E-state index in [4.69, 9.17) is 9.16 Å². The Kier molecular flexibility index (Phi) is 7.71. The number of hydrogen-bond donors (Lipinski definition) is 2. The van der Waals surface area contributed by atoms with Gasteiger partial charge in [0.25, 0.3) is 0 Å². The molecule has 1 atom stereocenters. The largest absolute Gasteiger partial charge is 0.346 e. The summed E-state index contributed by atoms with van der Waals surface area (Å²) in [6.45, 7) is 0.226. The summed E-state index contributed by atoms with van der Waals surface area (Å²) in [5, 5.41) is 6.66. The molecule has 0 spiro atoms. The summed E-state index contributed by atoms with van der Waals surface area (Å²) in [5.41, 5.74) is 1.22. The number of carbonyl (C=O) groups is 2. The van der Waals surface area contributed by atoms with Crippen LogP contribution in [-0.4, -0.2) is 74.4 Å². The van der Waals surface area contributed by atoms with Crippen molar-refractivity contribution in [3.63, 3.8) is 0 Å². The number of benzene rings is 2. The molecule has 1 fully saturated rings. The molecule has 2 aromatic rings. The zero-order valence-corrected chi connectivity index (χ0v) is 20.3. The van der Waals surface area contributed by atoms with Crippen molar-refractivity contribution in [3.8, 4) is 12.3 Å². The van der Waals surface area contributed by atoms with Gasteiger partial charge in [-0.05, 0) is 36.1 Å². The number of amides is 2. The highest BCUT2D eigenvalue weighted by molar-refractivity contribution is 7.88. The molecule has 1 aliphatic heterocycles. The molecule has 3 rings (SSSR count). The van der Waals surface area contributed by atoms with Crippen LogP contribution in [0, 0.1) is 12.3 Å². The molecular weight excluding hydrogens is 452 g/mol. The predicted molar refractivity (Wildman–Crippen MR) is 133 cm³/mol. The Morgan fingerprint density at radius 2 is 1.85 bits per heavy atom. The highest BCUT2D eigenvalue weighted by atomic mass is 32.2. The third-order valence-electron chi connectivity index (χ3n) is 6.17. The monoisotopic (exact) mass is 486 g/mol. The fourth-order valence-corrected chi connectivity index (χ4v) is 5.52. The number of sulfonamides is 1. The number of fused-ring (bicyclic) bond motifs is 1. The van der Waals surface area contributed by atoms with Gasteiger partial charge in [-0.2, -0.15) is 4.31 Å². The van der Waals surface area contributed by atoms with Crippen molar-refractivity contribution >= 4 is 32.6 Å². The number of piperidine rings is 1. The Morgan fingerprint density at radius 1 is 1.18 bits per heavy atom. The van der Waals surface area contributed by atoms with E-state index in [0.717, 1.165) is 6.26 Å². The number of terminal acetylenes is 1. The summed E-state index contributed by atoms with van der Waals surface area (Å²) in [4.78, 5) is 26.6. The molecule has 0 aliphatic carbocycles. The van der Waals surface area contributed by atoms with Crippen LogP contribution >= 0.6 is 0 Å². The second kappa shape index (κ2) is 11.5. The average Bonchev–Trinajstić information content (AvgIpc) is 2.84. The Balaban J connectivity index is 1.60. The van der Waals surface area contributed by atoms with Crippen LogP contribution in [0.5, 0.6) is 0 Å². The van der Waals surface area contributed by atoms with Gasteiger partial charge in [-0.3, -0.25) is 14.5 Å². The first-order chi connectivity index (χ1) is 16.9. The van der Waals surface area contributed by atoms with E-state index in [2.05, 4.69) is 41.4 Å². The third kappa shape index (κ3) is 6.56. The van der Waals surface area contributed by atoms with Gasteiger partial charge in [0.15, 0.2) is 0 Å². The van der Waals surface area contributed by atoms with Crippen LogP contribution in [-0.2, 0) is 19.6 Å². The van der Waals surface area contributed by atoms with Crippen LogP contribution in [0.2, 0.25) is 0 Å². The van der Waals surface area contributed by atoms with Gasteiger partial charge >= 0.3 is 0 Å². The molecule has 1 saturated heterocycles. The number of nitrogens with one attached hydrogen (secondary N) is 2. The van der Waals surface area contributed by atoms with Crippen molar-refractivity contribution < 1.29 is 20.7 Å². The molecule has 0 aromatic heterocycles. The van der Waals surface area contributed by atoms with Crippen molar-refractivity contribution in [1.29, 1.82) is 0 Å². The minimum atomic E-state index is -3.68. The maximum Gasteiger partial charge on any atom is 0.240 e. The van der Waals surface area contributed by atoms with E-state index in [1.54, 1.807) is 5.92 Å². The third-order valence-corrected chi connectivity index (χ3v) is 7.45. The molecule has 0 unspecified atom stereocenters. The Hall–Kier alpha value is -2.93. The number of likely N-dealkylation sites (tertiary alicyclic amines) is 1. The molecule has 9 heteroatoms. The first-order valence-electron chi connectivity index (χ1n) is 12.2. The standard InChI is InChI=1S/C25H32N4O4S/c1-4-14-26-24(30)17-27-25(31)18-29(34(3,32)33)21-12-15-28(16-13-21)19(2)22-11-7-9-20-8-5-6-10-23(20)22/h1,5-11,19,21H,12-18H2,2-3H3,(H,26,30)(H,27,31)/t19-/m0/s1/i14D2. The summed E-state index contributed by atoms with van der Waals surface area (Å²) in [6, 6.07) is 14.3. The van der Waals surface area contributed by atoms with Gasteiger partial charge in [0.2, 0.25) is 21.8 Å². The van der Waals surface area contributed by atoms with Crippen molar-refractivity contribution in [3.05, 3.63) is 48.0 Å². The summed E-state index contributed by atoms with van der Waals surface area (Å²) >= 11 is 0. The average molecular weight is 487 g/mol. The molecule has 0 saturated carbocycles. The number of carbonyl (C=O) groups excluding carboxylic acids is 2. The van der Waals surface area contributed by atoms with Gasteiger partial charge in [0.05, 0.1) is 28.6 Å².